The molecule has 0 aromatic carbocycles. The van der Waals surface area contributed by atoms with Gasteiger partial charge in [0.15, 0.2) is 0 Å². The van der Waals surface area contributed by atoms with Crippen LogP contribution in [-0.4, -0.2) is 31.3 Å². The van der Waals surface area contributed by atoms with Crippen LogP contribution in [0.15, 0.2) is 0 Å². The van der Waals surface area contributed by atoms with Crippen LogP contribution in [0.5, 0.6) is 0 Å². The minimum Gasteiger partial charge on any atom is -0.309 e. The van der Waals surface area contributed by atoms with Gasteiger partial charge in [0.25, 0.3) is 0 Å². The quantitative estimate of drug-likeness (QED) is 0.515. The zero-order valence-corrected chi connectivity index (χ0v) is 6.99. The minimum absolute atomic E-state index is 0. The SMILES string of the molecule is CN(C)CCS.[Ag]. The summed E-state index contributed by atoms with van der Waals surface area (Å²) in [5.41, 5.74) is 0. The fraction of sp³-hybridized carbons (Fsp3) is 1.00. The maximum Gasteiger partial charge on any atom is 0.00637 e. The van der Waals surface area contributed by atoms with E-state index < -0.39 is 0 Å². The molecule has 0 saturated heterocycles. The van der Waals surface area contributed by atoms with Crippen molar-refractivity contribution >= 4 is 12.6 Å². The van der Waals surface area contributed by atoms with Gasteiger partial charge in [-0.05, 0) is 14.1 Å². The van der Waals surface area contributed by atoms with Crippen molar-refractivity contribution in [1.29, 1.82) is 0 Å². The number of hydrogen-bond donors (Lipinski definition) is 1. The number of nitrogens with zero attached hydrogens (tertiary/aromatic N) is 1. The molecule has 0 aliphatic rings. The number of rotatable bonds is 2. The maximum atomic E-state index is 4.02. The van der Waals surface area contributed by atoms with E-state index in [2.05, 4.69) is 17.5 Å². The minimum atomic E-state index is 0. The summed E-state index contributed by atoms with van der Waals surface area (Å²) in [6.07, 6.45) is 0. The molecule has 0 fully saturated rings. The van der Waals surface area contributed by atoms with Crippen LogP contribution in [0, 0.1) is 0 Å². The van der Waals surface area contributed by atoms with Crippen LogP contribution in [0.1, 0.15) is 0 Å². The maximum absolute atomic E-state index is 4.02. The Balaban J connectivity index is 0. The Morgan fingerprint density at radius 3 is 1.86 bits per heavy atom. The van der Waals surface area contributed by atoms with Crippen LogP contribution in [-0.2, 0) is 22.4 Å². The topological polar surface area (TPSA) is 3.24 Å². The first kappa shape index (κ1) is 10.9. The molecule has 0 saturated carbocycles. The van der Waals surface area contributed by atoms with E-state index in [1.165, 1.54) is 0 Å². The van der Waals surface area contributed by atoms with Gasteiger partial charge >= 0.3 is 0 Å². The van der Waals surface area contributed by atoms with E-state index in [4.69, 9.17) is 0 Å². The third kappa shape index (κ3) is 11.0. The molecule has 0 spiro atoms. The van der Waals surface area contributed by atoms with Crippen molar-refractivity contribution in [3.8, 4) is 0 Å². The van der Waals surface area contributed by atoms with Gasteiger partial charge in [0, 0.05) is 34.7 Å². The summed E-state index contributed by atoms with van der Waals surface area (Å²) in [6, 6.07) is 0. The van der Waals surface area contributed by atoms with Crippen molar-refractivity contribution in [2.75, 3.05) is 26.4 Å². The second-order valence-corrected chi connectivity index (χ2v) is 1.97. The van der Waals surface area contributed by atoms with Gasteiger partial charge in [0.1, 0.15) is 0 Å². The second kappa shape index (κ2) is 7.05. The Morgan fingerprint density at radius 2 is 1.86 bits per heavy atom. The Kier molecular flexibility index (Phi) is 11.0. The smallest absolute Gasteiger partial charge is 0.00637 e. The van der Waals surface area contributed by atoms with Gasteiger partial charge in [0.05, 0.1) is 0 Å². The monoisotopic (exact) mass is 212 g/mol. The molecule has 0 aliphatic carbocycles. The van der Waals surface area contributed by atoms with Crippen molar-refractivity contribution in [3.63, 3.8) is 0 Å². The van der Waals surface area contributed by atoms with Crippen molar-refractivity contribution < 1.29 is 22.4 Å². The third-order valence-corrected chi connectivity index (χ3v) is 0.747. The van der Waals surface area contributed by atoms with E-state index >= 15 is 0 Å². The van der Waals surface area contributed by atoms with Crippen LogP contribution in [0.2, 0.25) is 0 Å². The molecule has 0 aliphatic heterocycles. The second-order valence-electron chi connectivity index (χ2n) is 1.53. The zero-order valence-electron chi connectivity index (χ0n) is 4.61. The van der Waals surface area contributed by atoms with Gasteiger partial charge in [0.2, 0.25) is 0 Å². The zero-order chi connectivity index (χ0) is 4.99. The molecule has 0 unspecified atom stereocenters. The molecule has 0 heterocycles. The van der Waals surface area contributed by atoms with E-state index in [0.717, 1.165) is 12.3 Å². The Bertz CT molecular complexity index is 32.9. The first-order valence-electron chi connectivity index (χ1n) is 2.03. The standard InChI is InChI=1S/C4H11NS.Ag/c1-5(2)3-4-6;/h6H,3-4H2,1-2H3;. The summed E-state index contributed by atoms with van der Waals surface area (Å²) in [6.45, 7) is 1.07. The molecule has 1 nitrogen and oxygen atoms in total. The number of hydrogen-bond acceptors (Lipinski definition) is 2. The molecule has 0 rings (SSSR count). The summed E-state index contributed by atoms with van der Waals surface area (Å²) < 4.78 is 0. The van der Waals surface area contributed by atoms with E-state index in [1.54, 1.807) is 0 Å². The molecular weight excluding hydrogens is 202 g/mol. The van der Waals surface area contributed by atoms with Gasteiger partial charge in [-0.3, -0.25) is 0 Å². The Hall–Kier alpha value is 1.05. The van der Waals surface area contributed by atoms with E-state index in [-0.39, 0.29) is 22.4 Å². The molecule has 0 atom stereocenters. The first-order valence-corrected chi connectivity index (χ1v) is 2.66. The van der Waals surface area contributed by atoms with Gasteiger partial charge in [-0.25, -0.2) is 0 Å². The molecule has 0 bridgehead atoms. The van der Waals surface area contributed by atoms with Crippen LogP contribution < -0.4 is 0 Å². The van der Waals surface area contributed by atoms with Crippen LogP contribution in [0.4, 0.5) is 0 Å². The molecule has 0 aromatic heterocycles. The predicted molar refractivity (Wildman–Crippen MR) is 32.4 cm³/mol. The molecule has 1 radical (unpaired) electrons. The molecule has 49 valence electrons. The fourth-order valence-electron chi connectivity index (χ4n) is 0.200. The van der Waals surface area contributed by atoms with Gasteiger partial charge in [-0.15, -0.1) is 0 Å². The molecule has 0 N–H and O–H groups in total. The normalized spacial score (nSPS) is 8.57. The molecule has 0 amide bonds. The Morgan fingerprint density at radius 1 is 1.43 bits per heavy atom. The van der Waals surface area contributed by atoms with Gasteiger partial charge < -0.3 is 4.90 Å². The molecule has 7 heavy (non-hydrogen) atoms. The summed E-state index contributed by atoms with van der Waals surface area (Å²) in [4.78, 5) is 2.10. The fourth-order valence-corrected chi connectivity index (χ4v) is 0.600. The van der Waals surface area contributed by atoms with Crippen molar-refractivity contribution in [2.24, 2.45) is 0 Å². The van der Waals surface area contributed by atoms with Crippen molar-refractivity contribution in [1.82, 2.24) is 4.90 Å². The van der Waals surface area contributed by atoms with E-state index in [1.807, 2.05) is 14.1 Å². The summed E-state index contributed by atoms with van der Waals surface area (Å²) in [5, 5.41) is 0. The Labute approximate surface area is 66.4 Å². The summed E-state index contributed by atoms with van der Waals surface area (Å²) in [7, 11) is 4.08. The van der Waals surface area contributed by atoms with Crippen molar-refractivity contribution in [3.05, 3.63) is 0 Å². The van der Waals surface area contributed by atoms with E-state index in [9.17, 15) is 0 Å². The number of thiol groups is 1. The van der Waals surface area contributed by atoms with Gasteiger partial charge in [-0.1, -0.05) is 0 Å². The van der Waals surface area contributed by atoms with Crippen molar-refractivity contribution in [2.45, 2.75) is 0 Å². The van der Waals surface area contributed by atoms with Crippen LogP contribution in [0.25, 0.3) is 0 Å². The third-order valence-electron chi connectivity index (χ3n) is 0.547. The molecule has 0 aromatic rings. The first-order chi connectivity index (χ1) is 2.77. The average molecular weight is 213 g/mol. The summed E-state index contributed by atoms with van der Waals surface area (Å²) >= 11 is 4.02. The molecule has 3 heteroatoms. The summed E-state index contributed by atoms with van der Waals surface area (Å²) in [5.74, 6) is 0.951. The van der Waals surface area contributed by atoms with Crippen LogP contribution in [0.3, 0.4) is 0 Å². The average Bonchev–Trinajstić information content (AvgIpc) is 1.35. The van der Waals surface area contributed by atoms with E-state index in [0.29, 0.717) is 0 Å². The molecular formula is C4H11AgNS. The predicted octanol–water partition coefficient (Wildman–Crippen LogP) is 0.475. The largest absolute Gasteiger partial charge is 0.309 e. The van der Waals surface area contributed by atoms with Gasteiger partial charge in [-0.2, -0.15) is 12.6 Å². The van der Waals surface area contributed by atoms with Crippen LogP contribution >= 0.6 is 12.6 Å².